The standard InChI is InChI=1S/C12H17N3O4/c1-5-8(12(18)19)13-10(16)9-6(2)7(3)14-15(4)11(9)17/h8H,5H2,1-4H3,(H,13,16)(H,18,19). The van der Waals surface area contributed by atoms with Crippen molar-refractivity contribution in [1.29, 1.82) is 0 Å². The topological polar surface area (TPSA) is 101 Å². The van der Waals surface area contributed by atoms with Gasteiger partial charge < -0.3 is 10.4 Å². The predicted octanol–water partition coefficient (Wildman–Crippen LogP) is -0.00986. The number of carbonyl (C=O) groups excluding carboxylic acids is 1. The second-order valence-corrected chi connectivity index (χ2v) is 4.29. The molecule has 1 amide bonds. The van der Waals surface area contributed by atoms with Gasteiger partial charge in [-0.15, -0.1) is 0 Å². The lowest BCUT2D eigenvalue weighted by Gasteiger charge is -2.14. The lowest BCUT2D eigenvalue weighted by atomic mass is 10.1. The zero-order valence-corrected chi connectivity index (χ0v) is 11.4. The zero-order valence-electron chi connectivity index (χ0n) is 11.4. The second-order valence-electron chi connectivity index (χ2n) is 4.29. The van der Waals surface area contributed by atoms with Crippen molar-refractivity contribution in [2.75, 3.05) is 0 Å². The van der Waals surface area contributed by atoms with Crippen molar-refractivity contribution in [2.24, 2.45) is 7.05 Å². The van der Waals surface area contributed by atoms with E-state index in [-0.39, 0.29) is 12.0 Å². The smallest absolute Gasteiger partial charge is 0.326 e. The van der Waals surface area contributed by atoms with Crippen molar-refractivity contribution in [3.63, 3.8) is 0 Å². The second kappa shape index (κ2) is 5.64. The fourth-order valence-electron chi connectivity index (χ4n) is 1.68. The first kappa shape index (κ1) is 14.9. The zero-order chi connectivity index (χ0) is 14.7. The number of nitrogens with one attached hydrogen (secondary N) is 1. The van der Waals surface area contributed by atoms with Crippen LogP contribution in [0.1, 0.15) is 35.0 Å². The molecule has 2 N–H and O–H groups in total. The number of hydrogen-bond acceptors (Lipinski definition) is 4. The highest BCUT2D eigenvalue weighted by Crippen LogP contribution is 2.06. The van der Waals surface area contributed by atoms with Gasteiger partial charge in [0.05, 0.1) is 5.69 Å². The maximum atomic E-state index is 12.0. The van der Waals surface area contributed by atoms with Gasteiger partial charge in [0.2, 0.25) is 0 Å². The molecule has 0 aliphatic heterocycles. The quantitative estimate of drug-likeness (QED) is 0.799. The Labute approximate surface area is 110 Å². The number of rotatable bonds is 4. The molecule has 0 fully saturated rings. The van der Waals surface area contributed by atoms with Gasteiger partial charge in [-0.2, -0.15) is 5.10 Å². The number of carbonyl (C=O) groups is 2. The summed E-state index contributed by atoms with van der Waals surface area (Å²) in [6.45, 7) is 4.93. The Kier molecular flexibility index (Phi) is 4.42. The summed E-state index contributed by atoms with van der Waals surface area (Å²) in [5, 5.41) is 15.2. The van der Waals surface area contributed by atoms with Gasteiger partial charge >= 0.3 is 5.97 Å². The van der Waals surface area contributed by atoms with Crippen molar-refractivity contribution >= 4 is 11.9 Å². The van der Waals surface area contributed by atoms with E-state index in [0.717, 1.165) is 4.68 Å². The van der Waals surface area contributed by atoms with E-state index in [2.05, 4.69) is 10.4 Å². The monoisotopic (exact) mass is 267 g/mol. The number of hydrogen-bond donors (Lipinski definition) is 2. The first-order valence-corrected chi connectivity index (χ1v) is 5.87. The molecule has 0 saturated heterocycles. The molecule has 104 valence electrons. The minimum Gasteiger partial charge on any atom is -0.480 e. The van der Waals surface area contributed by atoms with E-state index in [1.165, 1.54) is 7.05 Å². The molecule has 0 saturated carbocycles. The van der Waals surface area contributed by atoms with Crippen molar-refractivity contribution in [3.05, 3.63) is 27.2 Å². The maximum Gasteiger partial charge on any atom is 0.326 e. The van der Waals surface area contributed by atoms with Crippen molar-refractivity contribution in [2.45, 2.75) is 33.2 Å². The summed E-state index contributed by atoms with van der Waals surface area (Å²) in [6, 6.07) is -1.01. The molecular weight excluding hydrogens is 250 g/mol. The number of amides is 1. The van der Waals surface area contributed by atoms with E-state index in [0.29, 0.717) is 11.3 Å². The van der Waals surface area contributed by atoms with Gasteiger partial charge in [0, 0.05) is 7.05 Å². The summed E-state index contributed by atoms with van der Waals surface area (Å²) in [5.74, 6) is -1.81. The number of carboxylic acids is 1. The van der Waals surface area contributed by atoms with Crippen LogP contribution in [0.2, 0.25) is 0 Å². The molecule has 1 heterocycles. The van der Waals surface area contributed by atoms with Gasteiger partial charge in [0.25, 0.3) is 11.5 Å². The van der Waals surface area contributed by atoms with Crippen LogP contribution in [-0.2, 0) is 11.8 Å². The summed E-state index contributed by atoms with van der Waals surface area (Å²) in [6.07, 6.45) is 0.241. The number of aliphatic carboxylic acids is 1. The summed E-state index contributed by atoms with van der Waals surface area (Å²) < 4.78 is 1.07. The Bertz CT molecular complexity index is 577. The van der Waals surface area contributed by atoms with Gasteiger partial charge in [-0.25, -0.2) is 9.48 Å². The Morgan fingerprint density at radius 2 is 2.00 bits per heavy atom. The minimum absolute atomic E-state index is 0.0605. The fraction of sp³-hybridized carbons (Fsp3) is 0.500. The van der Waals surface area contributed by atoms with E-state index in [1.807, 2.05) is 0 Å². The molecule has 19 heavy (non-hydrogen) atoms. The molecule has 1 atom stereocenters. The Hall–Kier alpha value is -2.18. The van der Waals surface area contributed by atoms with Crippen LogP contribution in [0.4, 0.5) is 0 Å². The van der Waals surface area contributed by atoms with E-state index in [1.54, 1.807) is 20.8 Å². The third-order valence-corrected chi connectivity index (χ3v) is 2.96. The van der Waals surface area contributed by atoms with Gasteiger partial charge in [-0.3, -0.25) is 9.59 Å². The summed E-state index contributed by atoms with van der Waals surface area (Å²) in [4.78, 5) is 34.9. The number of carboxylic acid groups (broad SMARTS) is 1. The predicted molar refractivity (Wildman–Crippen MR) is 68.1 cm³/mol. The molecule has 0 radical (unpaired) electrons. The normalized spacial score (nSPS) is 12.0. The molecule has 0 aromatic carbocycles. The first-order valence-electron chi connectivity index (χ1n) is 5.87. The SMILES string of the molecule is CCC(NC(=O)c1c(C)c(C)nn(C)c1=O)C(=O)O. The molecule has 0 aliphatic rings. The van der Waals surface area contributed by atoms with Crippen LogP contribution in [-0.4, -0.2) is 32.8 Å². The van der Waals surface area contributed by atoms with Gasteiger partial charge in [0.15, 0.2) is 0 Å². The van der Waals surface area contributed by atoms with Crippen LogP contribution >= 0.6 is 0 Å². The molecule has 0 aliphatic carbocycles. The highest BCUT2D eigenvalue weighted by atomic mass is 16.4. The van der Waals surface area contributed by atoms with Crippen molar-refractivity contribution < 1.29 is 14.7 Å². The van der Waals surface area contributed by atoms with Crippen molar-refractivity contribution in [1.82, 2.24) is 15.1 Å². The maximum absolute atomic E-state index is 12.0. The highest BCUT2D eigenvalue weighted by molar-refractivity contribution is 5.97. The summed E-state index contributed by atoms with van der Waals surface area (Å²) >= 11 is 0. The average molecular weight is 267 g/mol. The molecule has 1 unspecified atom stereocenters. The number of aromatic nitrogens is 2. The largest absolute Gasteiger partial charge is 0.480 e. The van der Waals surface area contributed by atoms with Gasteiger partial charge in [0.1, 0.15) is 11.6 Å². The minimum atomic E-state index is -1.13. The third kappa shape index (κ3) is 2.98. The molecular formula is C12H17N3O4. The van der Waals surface area contributed by atoms with Crippen LogP contribution in [0.25, 0.3) is 0 Å². The molecule has 0 bridgehead atoms. The summed E-state index contributed by atoms with van der Waals surface area (Å²) in [7, 11) is 1.44. The summed E-state index contributed by atoms with van der Waals surface area (Å²) in [5.41, 5.74) is 0.409. The lowest BCUT2D eigenvalue weighted by molar-refractivity contribution is -0.139. The van der Waals surface area contributed by atoms with E-state index in [9.17, 15) is 14.4 Å². The van der Waals surface area contributed by atoms with Crippen LogP contribution in [0.3, 0.4) is 0 Å². The molecule has 1 rings (SSSR count). The molecule has 7 heteroatoms. The van der Waals surface area contributed by atoms with E-state index in [4.69, 9.17) is 5.11 Å². The molecule has 1 aromatic heterocycles. The van der Waals surface area contributed by atoms with E-state index >= 15 is 0 Å². The third-order valence-electron chi connectivity index (χ3n) is 2.96. The number of aryl methyl sites for hydroxylation is 2. The molecule has 7 nitrogen and oxygen atoms in total. The Morgan fingerprint density at radius 3 is 2.47 bits per heavy atom. The molecule has 0 spiro atoms. The van der Waals surface area contributed by atoms with Crippen molar-refractivity contribution in [3.8, 4) is 0 Å². The van der Waals surface area contributed by atoms with Gasteiger partial charge in [-0.1, -0.05) is 6.92 Å². The van der Waals surface area contributed by atoms with Crippen LogP contribution < -0.4 is 10.9 Å². The lowest BCUT2D eigenvalue weighted by Crippen LogP contribution is -2.43. The highest BCUT2D eigenvalue weighted by Gasteiger charge is 2.23. The Balaban J connectivity index is 3.21. The van der Waals surface area contributed by atoms with Gasteiger partial charge in [-0.05, 0) is 25.8 Å². The fourth-order valence-corrected chi connectivity index (χ4v) is 1.68. The van der Waals surface area contributed by atoms with Crippen LogP contribution in [0.15, 0.2) is 4.79 Å². The van der Waals surface area contributed by atoms with Crippen LogP contribution in [0, 0.1) is 13.8 Å². The number of nitrogens with zero attached hydrogens (tertiary/aromatic N) is 2. The first-order chi connectivity index (χ1) is 8.79. The van der Waals surface area contributed by atoms with Crippen LogP contribution in [0.5, 0.6) is 0 Å². The average Bonchev–Trinajstić information content (AvgIpc) is 2.33. The van der Waals surface area contributed by atoms with E-state index < -0.39 is 23.5 Å². The Morgan fingerprint density at radius 1 is 1.42 bits per heavy atom. The molecule has 1 aromatic rings.